The molecule has 1 amide bonds. The lowest BCUT2D eigenvalue weighted by atomic mass is 10.1. The number of esters is 1. The van der Waals surface area contributed by atoms with Crippen molar-refractivity contribution in [3.63, 3.8) is 0 Å². The molecule has 0 atom stereocenters. The van der Waals surface area contributed by atoms with E-state index in [0.29, 0.717) is 10.2 Å². The van der Waals surface area contributed by atoms with E-state index in [1.807, 2.05) is 13.8 Å². The Balaban J connectivity index is 2.87. The van der Waals surface area contributed by atoms with Crippen LogP contribution in [0.2, 0.25) is 0 Å². The number of nitrogens with one attached hydrogen (secondary N) is 1. The number of ether oxygens (including phenoxy) is 2. The number of alkyl carbamates (subject to hydrolysis) is 1. The van der Waals surface area contributed by atoms with E-state index in [-0.39, 0.29) is 6.54 Å². The second-order valence-electron chi connectivity index (χ2n) is 6.41. The van der Waals surface area contributed by atoms with Gasteiger partial charge in [0.25, 0.3) is 0 Å². The van der Waals surface area contributed by atoms with Crippen LogP contribution in [-0.2, 0) is 15.0 Å². The third-order valence-corrected chi connectivity index (χ3v) is 3.32. The van der Waals surface area contributed by atoms with Gasteiger partial charge in [-0.15, -0.1) is 0 Å². The molecule has 0 aliphatic carbocycles. The van der Waals surface area contributed by atoms with Crippen LogP contribution in [0.1, 0.15) is 45.1 Å². The normalized spacial score (nSPS) is 12.0. The Bertz CT molecular complexity index is 561. The summed E-state index contributed by atoms with van der Waals surface area (Å²) in [5.41, 5.74) is -0.925. The zero-order chi connectivity index (χ0) is 17.1. The molecule has 0 fully saturated rings. The van der Waals surface area contributed by atoms with Gasteiger partial charge in [0.15, 0.2) is 5.69 Å². The van der Waals surface area contributed by atoms with Crippen LogP contribution in [0.15, 0.2) is 10.7 Å². The van der Waals surface area contributed by atoms with E-state index in [9.17, 15) is 9.59 Å². The van der Waals surface area contributed by atoms with Gasteiger partial charge in [-0.25, -0.2) is 14.3 Å². The maximum absolute atomic E-state index is 11.9. The maximum Gasteiger partial charge on any atom is 0.407 e. The highest BCUT2D eigenvalue weighted by Crippen LogP contribution is 2.24. The molecule has 0 saturated heterocycles. The third-order valence-electron chi connectivity index (χ3n) is 2.74. The Morgan fingerprint density at radius 2 is 1.91 bits per heavy atom. The average Bonchev–Trinajstić information content (AvgIpc) is 2.76. The van der Waals surface area contributed by atoms with Crippen LogP contribution in [0.3, 0.4) is 0 Å². The van der Waals surface area contributed by atoms with Gasteiger partial charge in [0.1, 0.15) is 5.60 Å². The quantitative estimate of drug-likeness (QED) is 0.817. The van der Waals surface area contributed by atoms with E-state index in [0.717, 1.165) is 0 Å². The van der Waals surface area contributed by atoms with Crippen molar-refractivity contribution < 1.29 is 19.1 Å². The molecular formula is C14H22BrN3O4. The molecule has 1 heterocycles. The molecule has 0 spiro atoms. The lowest BCUT2D eigenvalue weighted by molar-refractivity contribution is 0.0503. The van der Waals surface area contributed by atoms with Gasteiger partial charge in [0, 0.05) is 6.54 Å². The number of carbonyl (C=O) groups is 2. The van der Waals surface area contributed by atoms with E-state index in [4.69, 9.17) is 9.47 Å². The molecule has 8 heteroatoms. The second kappa shape index (κ2) is 6.68. The molecular weight excluding hydrogens is 354 g/mol. The van der Waals surface area contributed by atoms with Crippen molar-refractivity contribution in [2.75, 3.05) is 13.7 Å². The molecule has 1 rings (SSSR count). The first-order valence-corrected chi connectivity index (χ1v) is 7.56. The number of nitrogens with zero attached hydrogens (tertiary/aromatic N) is 2. The highest BCUT2D eigenvalue weighted by atomic mass is 79.9. The van der Waals surface area contributed by atoms with Gasteiger partial charge < -0.3 is 14.8 Å². The number of hydrogen-bond acceptors (Lipinski definition) is 5. The van der Waals surface area contributed by atoms with Crippen LogP contribution in [0.25, 0.3) is 0 Å². The molecule has 7 nitrogen and oxygen atoms in total. The predicted molar refractivity (Wildman–Crippen MR) is 84.8 cm³/mol. The second-order valence-corrected chi connectivity index (χ2v) is 7.27. The Morgan fingerprint density at radius 3 is 2.41 bits per heavy atom. The fourth-order valence-corrected chi connectivity index (χ4v) is 2.17. The molecule has 0 saturated carbocycles. The zero-order valence-electron chi connectivity index (χ0n) is 13.7. The van der Waals surface area contributed by atoms with Crippen molar-refractivity contribution >= 4 is 28.0 Å². The molecule has 0 aromatic carbocycles. The zero-order valence-corrected chi connectivity index (χ0v) is 15.3. The Kier molecular flexibility index (Phi) is 5.61. The van der Waals surface area contributed by atoms with E-state index in [1.54, 1.807) is 20.8 Å². The first-order valence-electron chi connectivity index (χ1n) is 6.77. The fourth-order valence-electron chi connectivity index (χ4n) is 1.75. The topological polar surface area (TPSA) is 82.5 Å². The first-order chi connectivity index (χ1) is 9.98. The molecule has 124 valence electrons. The fraction of sp³-hybridized carbons (Fsp3) is 0.643. The van der Waals surface area contributed by atoms with Gasteiger partial charge in [-0.05, 0) is 50.5 Å². The molecule has 0 unspecified atom stereocenters. The Labute approximate surface area is 138 Å². The van der Waals surface area contributed by atoms with Gasteiger partial charge in [-0.3, -0.25) is 0 Å². The SMILES string of the molecule is COC(=O)c1c(Br)cnn1C(C)(C)CNC(=O)OC(C)(C)C. The minimum Gasteiger partial charge on any atom is -0.464 e. The maximum atomic E-state index is 11.9. The van der Waals surface area contributed by atoms with Gasteiger partial charge in [0.05, 0.1) is 23.3 Å². The van der Waals surface area contributed by atoms with Crippen LogP contribution in [-0.4, -0.2) is 41.1 Å². The highest BCUT2D eigenvalue weighted by molar-refractivity contribution is 9.10. The van der Waals surface area contributed by atoms with E-state index in [2.05, 4.69) is 26.3 Å². The molecule has 0 bridgehead atoms. The Hall–Kier alpha value is -1.57. The summed E-state index contributed by atoms with van der Waals surface area (Å²) in [5, 5.41) is 6.87. The van der Waals surface area contributed by atoms with Crippen molar-refractivity contribution in [1.29, 1.82) is 0 Å². The highest BCUT2D eigenvalue weighted by Gasteiger charge is 2.30. The Morgan fingerprint density at radius 1 is 1.32 bits per heavy atom. The minimum atomic E-state index is -0.646. The summed E-state index contributed by atoms with van der Waals surface area (Å²) < 4.78 is 12.0. The summed E-state index contributed by atoms with van der Waals surface area (Å²) in [6.45, 7) is 9.29. The summed E-state index contributed by atoms with van der Waals surface area (Å²) in [7, 11) is 1.30. The number of rotatable bonds is 4. The molecule has 22 heavy (non-hydrogen) atoms. The predicted octanol–water partition coefficient (Wildman–Crippen LogP) is 2.69. The lowest BCUT2D eigenvalue weighted by Crippen LogP contribution is -2.44. The number of aromatic nitrogens is 2. The van der Waals surface area contributed by atoms with Gasteiger partial charge in [-0.2, -0.15) is 5.10 Å². The molecule has 0 aliphatic rings. The van der Waals surface area contributed by atoms with E-state index < -0.39 is 23.2 Å². The lowest BCUT2D eigenvalue weighted by Gasteiger charge is -2.28. The summed E-state index contributed by atoms with van der Waals surface area (Å²) in [5.74, 6) is -0.505. The smallest absolute Gasteiger partial charge is 0.407 e. The largest absolute Gasteiger partial charge is 0.464 e. The third kappa shape index (κ3) is 4.72. The number of carbonyl (C=O) groups excluding carboxylic acids is 2. The van der Waals surface area contributed by atoms with Crippen LogP contribution >= 0.6 is 15.9 Å². The molecule has 0 aliphatic heterocycles. The molecule has 1 aromatic heterocycles. The standard InChI is InChI=1S/C14H22BrN3O4/c1-13(2,3)22-12(20)16-8-14(4,5)18-10(11(19)21-6)9(15)7-17-18/h7H,8H2,1-6H3,(H,16,20). The summed E-state index contributed by atoms with van der Waals surface area (Å²) in [6.07, 6.45) is 0.994. The number of hydrogen-bond donors (Lipinski definition) is 1. The molecule has 1 N–H and O–H groups in total. The van der Waals surface area contributed by atoms with Crippen LogP contribution in [0.4, 0.5) is 4.79 Å². The van der Waals surface area contributed by atoms with Gasteiger partial charge in [0.2, 0.25) is 0 Å². The number of halogens is 1. The van der Waals surface area contributed by atoms with Crippen LogP contribution < -0.4 is 5.32 Å². The minimum absolute atomic E-state index is 0.236. The first kappa shape index (κ1) is 18.5. The van der Waals surface area contributed by atoms with Gasteiger partial charge >= 0.3 is 12.1 Å². The summed E-state index contributed by atoms with van der Waals surface area (Å²) in [6, 6.07) is 0. The summed E-state index contributed by atoms with van der Waals surface area (Å²) in [4.78, 5) is 23.6. The van der Waals surface area contributed by atoms with Crippen molar-refractivity contribution in [3.05, 3.63) is 16.4 Å². The van der Waals surface area contributed by atoms with Gasteiger partial charge in [-0.1, -0.05) is 0 Å². The monoisotopic (exact) mass is 375 g/mol. The molecule has 1 aromatic rings. The van der Waals surface area contributed by atoms with Crippen molar-refractivity contribution in [3.8, 4) is 0 Å². The van der Waals surface area contributed by atoms with Crippen LogP contribution in [0, 0.1) is 0 Å². The van der Waals surface area contributed by atoms with Crippen molar-refractivity contribution in [1.82, 2.24) is 15.1 Å². The number of amides is 1. The van der Waals surface area contributed by atoms with Crippen LogP contribution in [0.5, 0.6) is 0 Å². The van der Waals surface area contributed by atoms with Crippen molar-refractivity contribution in [2.24, 2.45) is 0 Å². The number of methoxy groups -OCH3 is 1. The van der Waals surface area contributed by atoms with E-state index >= 15 is 0 Å². The van der Waals surface area contributed by atoms with E-state index in [1.165, 1.54) is 18.0 Å². The molecule has 0 radical (unpaired) electrons. The average molecular weight is 376 g/mol. The summed E-state index contributed by atoms with van der Waals surface area (Å²) >= 11 is 3.27. The van der Waals surface area contributed by atoms with Crippen molar-refractivity contribution in [2.45, 2.75) is 45.8 Å².